The molecule has 112 valence electrons. The van der Waals surface area contributed by atoms with Gasteiger partial charge in [-0.15, -0.1) is 0 Å². The lowest BCUT2D eigenvalue weighted by Gasteiger charge is -2.31. The van der Waals surface area contributed by atoms with Crippen LogP contribution in [-0.2, 0) is 11.3 Å². The molecule has 1 atom stereocenters. The minimum atomic E-state index is -0.0600. The molecule has 2 aromatic heterocycles. The van der Waals surface area contributed by atoms with Gasteiger partial charge in [-0.25, -0.2) is 0 Å². The number of likely N-dealkylation sites (tertiary alicyclic amines) is 1. The molecule has 1 fully saturated rings. The van der Waals surface area contributed by atoms with Gasteiger partial charge in [0.2, 0.25) is 5.91 Å². The Labute approximate surface area is 122 Å². The highest BCUT2D eigenvalue weighted by molar-refractivity contribution is 5.81. The van der Waals surface area contributed by atoms with Crippen molar-refractivity contribution in [2.45, 2.75) is 31.8 Å². The number of carbonyl (C=O) groups excluding carboxylic acids is 1. The first kappa shape index (κ1) is 13.8. The standard InChI is InChI=1S/C14H18N4O3/c1-18-7-3-2-5-10(18)13(19)15-9-12-16-14(21-17-12)11-6-4-8-20-11/h4,6,8,10H,2-3,5,7,9H2,1H3,(H,15,19). The molecule has 0 aromatic carbocycles. The van der Waals surface area contributed by atoms with Crippen molar-refractivity contribution in [3.8, 4) is 11.7 Å². The number of likely N-dealkylation sites (N-methyl/N-ethyl adjacent to an activating group) is 1. The van der Waals surface area contributed by atoms with Crippen molar-refractivity contribution in [3.05, 3.63) is 24.2 Å². The third-order valence-electron chi connectivity index (χ3n) is 3.69. The van der Waals surface area contributed by atoms with Crippen LogP contribution < -0.4 is 5.32 Å². The van der Waals surface area contributed by atoms with Gasteiger partial charge in [-0.2, -0.15) is 4.98 Å². The molecule has 3 rings (SSSR count). The van der Waals surface area contributed by atoms with E-state index in [2.05, 4.69) is 20.4 Å². The van der Waals surface area contributed by atoms with E-state index in [0.29, 0.717) is 17.5 Å². The summed E-state index contributed by atoms with van der Waals surface area (Å²) in [6, 6.07) is 3.43. The Morgan fingerprint density at radius 2 is 2.43 bits per heavy atom. The Hall–Kier alpha value is -2.15. The van der Waals surface area contributed by atoms with Crippen LogP contribution in [0.5, 0.6) is 0 Å². The number of amides is 1. The molecule has 1 aliphatic rings. The van der Waals surface area contributed by atoms with Crippen LogP contribution in [0.15, 0.2) is 27.3 Å². The number of piperidine rings is 1. The minimum absolute atomic E-state index is 0.0153. The second kappa shape index (κ2) is 6.09. The molecule has 0 spiro atoms. The number of hydrogen-bond donors (Lipinski definition) is 1. The van der Waals surface area contributed by atoms with Crippen LogP contribution in [0.25, 0.3) is 11.7 Å². The quantitative estimate of drug-likeness (QED) is 0.917. The van der Waals surface area contributed by atoms with Crippen molar-refractivity contribution in [1.29, 1.82) is 0 Å². The van der Waals surface area contributed by atoms with Crippen molar-refractivity contribution < 1.29 is 13.7 Å². The lowest BCUT2D eigenvalue weighted by atomic mass is 10.0. The number of carbonyl (C=O) groups is 1. The Balaban J connectivity index is 1.56. The molecule has 1 saturated heterocycles. The van der Waals surface area contributed by atoms with E-state index in [1.54, 1.807) is 18.4 Å². The Bertz CT molecular complexity index is 593. The summed E-state index contributed by atoms with van der Waals surface area (Å²) < 4.78 is 10.3. The summed E-state index contributed by atoms with van der Waals surface area (Å²) in [5.74, 6) is 1.29. The summed E-state index contributed by atoms with van der Waals surface area (Å²) in [7, 11) is 1.98. The largest absolute Gasteiger partial charge is 0.459 e. The van der Waals surface area contributed by atoms with Gasteiger partial charge in [0.1, 0.15) is 0 Å². The SMILES string of the molecule is CN1CCCCC1C(=O)NCc1noc(-c2ccco2)n1. The van der Waals surface area contributed by atoms with Crippen LogP contribution in [0.1, 0.15) is 25.1 Å². The number of hydrogen-bond acceptors (Lipinski definition) is 6. The maximum Gasteiger partial charge on any atom is 0.293 e. The van der Waals surface area contributed by atoms with E-state index in [9.17, 15) is 4.79 Å². The van der Waals surface area contributed by atoms with Crippen molar-refractivity contribution in [2.24, 2.45) is 0 Å². The molecule has 1 aliphatic heterocycles. The van der Waals surface area contributed by atoms with E-state index in [-0.39, 0.29) is 18.5 Å². The average molecular weight is 290 g/mol. The van der Waals surface area contributed by atoms with Crippen molar-refractivity contribution in [2.75, 3.05) is 13.6 Å². The molecule has 21 heavy (non-hydrogen) atoms. The van der Waals surface area contributed by atoms with Crippen molar-refractivity contribution >= 4 is 5.91 Å². The fourth-order valence-electron chi connectivity index (χ4n) is 2.52. The molecule has 0 radical (unpaired) electrons. The van der Waals surface area contributed by atoms with E-state index >= 15 is 0 Å². The summed E-state index contributed by atoms with van der Waals surface area (Å²) in [5.41, 5.74) is 0. The predicted molar refractivity (Wildman–Crippen MR) is 74.1 cm³/mol. The van der Waals surface area contributed by atoms with Crippen LogP contribution in [0.2, 0.25) is 0 Å². The first-order chi connectivity index (χ1) is 10.2. The van der Waals surface area contributed by atoms with Gasteiger partial charge in [0.05, 0.1) is 18.8 Å². The highest BCUT2D eigenvalue weighted by Crippen LogP contribution is 2.17. The van der Waals surface area contributed by atoms with E-state index < -0.39 is 0 Å². The van der Waals surface area contributed by atoms with Crippen LogP contribution >= 0.6 is 0 Å². The maximum atomic E-state index is 12.2. The zero-order valence-corrected chi connectivity index (χ0v) is 11.9. The first-order valence-electron chi connectivity index (χ1n) is 7.08. The molecule has 1 unspecified atom stereocenters. The molecule has 0 aliphatic carbocycles. The molecule has 1 N–H and O–H groups in total. The zero-order chi connectivity index (χ0) is 14.7. The molecular weight excluding hydrogens is 272 g/mol. The molecule has 3 heterocycles. The second-order valence-electron chi connectivity index (χ2n) is 5.20. The van der Waals surface area contributed by atoms with Crippen molar-refractivity contribution in [1.82, 2.24) is 20.4 Å². The van der Waals surface area contributed by atoms with Gasteiger partial charge in [0.15, 0.2) is 11.6 Å². The van der Waals surface area contributed by atoms with Gasteiger partial charge in [-0.3, -0.25) is 9.69 Å². The number of rotatable bonds is 4. The Morgan fingerprint density at radius 1 is 1.52 bits per heavy atom. The summed E-state index contributed by atoms with van der Waals surface area (Å²) in [5, 5.41) is 6.70. The maximum absolute atomic E-state index is 12.2. The van der Waals surface area contributed by atoms with Crippen LogP contribution in [-0.4, -0.2) is 40.6 Å². The van der Waals surface area contributed by atoms with Crippen LogP contribution in [0.3, 0.4) is 0 Å². The molecule has 0 saturated carbocycles. The predicted octanol–water partition coefficient (Wildman–Crippen LogP) is 1.43. The van der Waals surface area contributed by atoms with Crippen molar-refractivity contribution in [3.63, 3.8) is 0 Å². The summed E-state index contributed by atoms with van der Waals surface area (Å²) in [6.45, 7) is 1.22. The number of nitrogens with zero attached hydrogens (tertiary/aromatic N) is 3. The monoisotopic (exact) mass is 290 g/mol. The van der Waals surface area contributed by atoms with Gasteiger partial charge >= 0.3 is 0 Å². The molecular formula is C14H18N4O3. The summed E-state index contributed by atoms with van der Waals surface area (Å²) in [6.07, 6.45) is 4.68. The van der Waals surface area contributed by atoms with Crippen LogP contribution in [0, 0.1) is 0 Å². The highest BCUT2D eigenvalue weighted by Gasteiger charge is 2.25. The first-order valence-corrected chi connectivity index (χ1v) is 7.08. The average Bonchev–Trinajstić information content (AvgIpc) is 3.16. The summed E-state index contributed by atoms with van der Waals surface area (Å²) >= 11 is 0. The van der Waals surface area contributed by atoms with E-state index in [1.807, 2.05) is 7.05 Å². The third kappa shape index (κ3) is 3.13. The van der Waals surface area contributed by atoms with Gasteiger partial charge in [-0.1, -0.05) is 11.6 Å². The lowest BCUT2D eigenvalue weighted by Crippen LogP contribution is -2.47. The normalized spacial score (nSPS) is 19.6. The van der Waals surface area contributed by atoms with E-state index in [1.165, 1.54) is 0 Å². The number of nitrogens with one attached hydrogen (secondary N) is 1. The molecule has 2 aromatic rings. The minimum Gasteiger partial charge on any atom is -0.459 e. The second-order valence-corrected chi connectivity index (χ2v) is 5.20. The smallest absolute Gasteiger partial charge is 0.293 e. The zero-order valence-electron chi connectivity index (χ0n) is 11.9. The molecule has 1 amide bonds. The number of aromatic nitrogens is 2. The van der Waals surface area contributed by atoms with E-state index in [0.717, 1.165) is 25.8 Å². The van der Waals surface area contributed by atoms with Gasteiger partial charge < -0.3 is 14.3 Å². The van der Waals surface area contributed by atoms with Gasteiger partial charge in [0.25, 0.3) is 5.89 Å². The van der Waals surface area contributed by atoms with Crippen LogP contribution in [0.4, 0.5) is 0 Å². The fourth-order valence-corrected chi connectivity index (χ4v) is 2.52. The molecule has 7 heteroatoms. The molecule has 0 bridgehead atoms. The third-order valence-corrected chi connectivity index (χ3v) is 3.69. The Morgan fingerprint density at radius 3 is 3.19 bits per heavy atom. The highest BCUT2D eigenvalue weighted by atomic mass is 16.5. The van der Waals surface area contributed by atoms with E-state index in [4.69, 9.17) is 8.94 Å². The summed E-state index contributed by atoms with van der Waals surface area (Å²) in [4.78, 5) is 18.4. The fraction of sp³-hybridized carbons (Fsp3) is 0.500. The molecule has 7 nitrogen and oxygen atoms in total. The lowest BCUT2D eigenvalue weighted by molar-refractivity contribution is -0.127. The Kier molecular flexibility index (Phi) is 4.01. The number of furan rings is 1. The van der Waals surface area contributed by atoms with Gasteiger partial charge in [0, 0.05) is 0 Å². The topological polar surface area (TPSA) is 84.4 Å². The van der Waals surface area contributed by atoms with Gasteiger partial charge in [-0.05, 0) is 38.6 Å².